The standard InChI is InChI=1S/C19H20N2O3/c1-14-4-3-5-15(2)19(14)24-12-10-18(22)21-16-6-8-17(9-7-16)23-13-11-20/h3-9H,10,12-13H2,1-2H3,(H,21,22). The number of rotatable bonds is 7. The summed E-state index contributed by atoms with van der Waals surface area (Å²) in [7, 11) is 0. The molecule has 0 aliphatic heterocycles. The van der Waals surface area contributed by atoms with Crippen molar-refractivity contribution in [1.29, 1.82) is 5.26 Å². The molecule has 1 amide bonds. The van der Waals surface area contributed by atoms with E-state index in [-0.39, 0.29) is 18.9 Å². The summed E-state index contributed by atoms with van der Waals surface area (Å²) in [4.78, 5) is 12.0. The average molecular weight is 324 g/mol. The Morgan fingerprint density at radius 3 is 2.38 bits per heavy atom. The maximum Gasteiger partial charge on any atom is 0.227 e. The van der Waals surface area contributed by atoms with Gasteiger partial charge in [-0.2, -0.15) is 5.26 Å². The summed E-state index contributed by atoms with van der Waals surface area (Å²) >= 11 is 0. The molecule has 0 spiro atoms. The SMILES string of the molecule is Cc1cccc(C)c1OCCC(=O)Nc1ccc(OCC#N)cc1. The minimum Gasteiger partial charge on any atom is -0.493 e. The summed E-state index contributed by atoms with van der Waals surface area (Å²) in [6.45, 7) is 4.29. The van der Waals surface area contributed by atoms with Gasteiger partial charge in [0, 0.05) is 5.69 Å². The lowest BCUT2D eigenvalue weighted by Gasteiger charge is -2.12. The number of anilines is 1. The Kier molecular flexibility index (Phi) is 6.21. The molecule has 0 radical (unpaired) electrons. The van der Waals surface area contributed by atoms with Crippen LogP contribution in [0.1, 0.15) is 17.5 Å². The summed E-state index contributed by atoms with van der Waals surface area (Å²) in [6, 6.07) is 14.7. The Labute approximate surface area is 141 Å². The number of benzene rings is 2. The van der Waals surface area contributed by atoms with Gasteiger partial charge in [-0.25, -0.2) is 0 Å². The van der Waals surface area contributed by atoms with Crippen molar-refractivity contribution in [2.45, 2.75) is 20.3 Å². The van der Waals surface area contributed by atoms with Crippen LogP contribution in [0.4, 0.5) is 5.69 Å². The van der Waals surface area contributed by atoms with Gasteiger partial charge in [0.25, 0.3) is 0 Å². The van der Waals surface area contributed by atoms with Gasteiger partial charge in [0.2, 0.25) is 5.91 Å². The van der Waals surface area contributed by atoms with Crippen LogP contribution in [0, 0.1) is 25.2 Å². The average Bonchev–Trinajstić information content (AvgIpc) is 2.57. The molecule has 0 aliphatic carbocycles. The Morgan fingerprint density at radius 1 is 1.08 bits per heavy atom. The molecule has 0 saturated carbocycles. The van der Waals surface area contributed by atoms with Gasteiger partial charge in [0.15, 0.2) is 6.61 Å². The molecule has 0 atom stereocenters. The van der Waals surface area contributed by atoms with Crippen LogP contribution in [0.15, 0.2) is 42.5 Å². The lowest BCUT2D eigenvalue weighted by atomic mass is 10.1. The molecule has 0 fully saturated rings. The molecule has 24 heavy (non-hydrogen) atoms. The van der Waals surface area contributed by atoms with Gasteiger partial charge >= 0.3 is 0 Å². The molecule has 5 nitrogen and oxygen atoms in total. The van der Waals surface area contributed by atoms with Crippen molar-refractivity contribution in [1.82, 2.24) is 0 Å². The zero-order chi connectivity index (χ0) is 17.4. The fourth-order valence-electron chi connectivity index (χ4n) is 2.25. The van der Waals surface area contributed by atoms with Gasteiger partial charge in [-0.05, 0) is 49.2 Å². The van der Waals surface area contributed by atoms with Crippen molar-refractivity contribution in [2.24, 2.45) is 0 Å². The van der Waals surface area contributed by atoms with E-state index in [0.29, 0.717) is 18.0 Å². The first kappa shape index (κ1) is 17.4. The van der Waals surface area contributed by atoms with Gasteiger partial charge < -0.3 is 14.8 Å². The van der Waals surface area contributed by atoms with Crippen molar-refractivity contribution in [3.05, 3.63) is 53.6 Å². The first-order valence-electron chi connectivity index (χ1n) is 7.69. The number of ether oxygens (including phenoxy) is 2. The van der Waals surface area contributed by atoms with Gasteiger partial charge in [0.1, 0.15) is 17.6 Å². The van der Waals surface area contributed by atoms with E-state index in [4.69, 9.17) is 14.7 Å². The Balaban J connectivity index is 1.80. The zero-order valence-electron chi connectivity index (χ0n) is 13.8. The summed E-state index contributed by atoms with van der Waals surface area (Å²) in [5, 5.41) is 11.3. The molecule has 0 aliphatic rings. The lowest BCUT2D eigenvalue weighted by Crippen LogP contribution is -2.15. The highest BCUT2D eigenvalue weighted by atomic mass is 16.5. The van der Waals surface area contributed by atoms with Crippen LogP contribution in [-0.4, -0.2) is 19.1 Å². The van der Waals surface area contributed by atoms with Gasteiger partial charge in [-0.1, -0.05) is 18.2 Å². The van der Waals surface area contributed by atoms with Crippen molar-refractivity contribution >= 4 is 11.6 Å². The van der Waals surface area contributed by atoms with E-state index in [1.54, 1.807) is 24.3 Å². The molecular formula is C19H20N2O3. The predicted octanol–water partition coefficient (Wildman–Crippen LogP) is 3.61. The minimum atomic E-state index is -0.119. The Morgan fingerprint density at radius 2 is 1.75 bits per heavy atom. The van der Waals surface area contributed by atoms with Crippen LogP contribution in [0.5, 0.6) is 11.5 Å². The van der Waals surface area contributed by atoms with Crippen molar-refractivity contribution in [2.75, 3.05) is 18.5 Å². The van der Waals surface area contributed by atoms with Crippen LogP contribution in [0.25, 0.3) is 0 Å². The van der Waals surface area contributed by atoms with E-state index in [0.717, 1.165) is 16.9 Å². The highest BCUT2D eigenvalue weighted by Gasteiger charge is 2.06. The molecule has 124 valence electrons. The number of nitrogens with one attached hydrogen (secondary N) is 1. The van der Waals surface area contributed by atoms with E-state index < -0.39 is 0 Å². The first-order chi connectivity index (χ1) is 11.6. The summed E-state index contributed by atoms with van der Waals surface area (Å²) in [5.74, 6) is 1.31. The van der Waals surface area contributed by atoms with Crippen molar-refractivity contribution in [3.8, 4) is 17.6 Å². The largest absolute Gasteiger partial charge is 0.493 e. The van der Waals surface area contributed by atoms with Gasteiger partial charge in [-0.3, -0.25) is 4.79 Å². The molecule has 0 bridgehead atoms. The van der Waals surface area contributed by atoms with Gasteiger partial charge in [0.05, 0.1) is 13.0 Å². The first-order valence-corrected chi connectivity index (χ1v) is 7.69. The molecule has 0 aromatic heterocycles. The molecule has 2 rings (SSSR count). The number of carbonyl (C=O) groups is 1. The monoisotopic (exact) mass is 324 g/mol. The van der Waals surface area contributed by atoms with Crippen LogP contribution >= 0.6 is 0 Å². The molecule has 0 unspecified atom stereocenters. The second-order valence-electron chi connectivity index (χ2n) is 5.34. The maximum atomic E-state index is 12.0. The fourth-order valence-corrected chi connectivity index (χ4v) is 2.25. The highest BCUT2D eigenvalue weighted by molar-refractivity contribution is 5.90. The topological polar surface area (TPSA) is 71.3 Å². The zero-order valence-corrected chi connectivity index (χ0v) is 13.8. The van der Waals surface area contributed by atoms with Crippen molar-refractivity contribution < 1.29 is 14.3 Å². The molecule has 2 aromatic rings. The third-order valence-electron chi connectivity index (χ3n) is 3.43. The van der Waals surface area contributed by atoms with E-state index >= 15 is 0 Å². The number of nitriles is 1. The number of amides is 1. The van der Waals surface area contributed by atoms with E-state index in [1.165, 1.54) is 0 Å². The number of hydrogen-bond acceptors (Lipinski definition) is 4. The quantitative estimate of drug-likeness (QED) is 0.844. The summed E-state index contributed by atoms with van der Waals surface area (Å²) in [5.41, 5.74) is 2.79. The lowest BCUT2D eigenvalue weighted by molar-refractivity contribution is -0.116. The molecule has 5 heteroatoms. The van der Waals surface area contributed by atoms with Crippen LogP contribution < -0.4 is 14.8 Å². The van der Waals surface area contributed by atoms with Crippen LogP contribution in [0.2, 0.25) is 0 Å². The number of nitrogens with zero attached hydrogens (tertiary/aromatic N) is 1. The molecular weight excluding hydrogens is 304 g/mol. The number of para-hydroxylation sites is 1. The Hall–Kier alpha value is -3.00. The Bertz CT molecular complexity index is 713. The second-order valence-corrected chi connectivity index (χ2v) is 5.34. The number of carbonyl (C=O) groups excluding carboxylic acids is 1. The summed E-state index contributed by atoms with van der Waals surface area (Å²) in [6.07, 6.45) is 0.264. The van der Waals surface area contributed by atoms with E-state index in [2.05, 4.69) is 5.32 Å². The second kappa shape index (κ2) is 8.59. The third-order valence-corrected chi connectivity index (χ3v) is 3.43. The number of hydrogen-bond donors (Lipinski definition) is 1. The molecule has 0 heterocycles. The third kappa shape index (κ3) is 5.03. The van der Waals surface area contributed by atoms with Gasteiger partial charge in [-0.15, -0.1) is 0 Å². The van der Waals surface area contributed by atoms with Crippen LogP contribution in [0.3, 0.4) is 0 Å². The fraction of sp³-hybridized carbons (Fsp3) is 0.263. The normalized spacial score (nSPS) is 9.88. The maximum absolute atomic E-state index is 12.0. The summed E-state index contributed by atoms with van der Waals surface area (Å²) < 4.78 is 10.9. The van der Waals surface area contributed by atoms with E-state index in [9.17, 15) is 4.79 Å². The van der Waals surface area contributed by atoms with E-state index in [1.807, 2.05) is 38.1 Å². The molecule has 0 saturated heterocycles. The van der Waals surface area contributed by atoms with Crippen molar-refractivity contribution in [3.63, 3.8) is 0 Å². The minimum absolute atomic E-state index is 0.00135. The predicted molar refractivity (Wildman–Crippen MR) is 92.2 cm³/mol. The highest BCUT2D eigenvalue weighted by Crippen LogP contribution is 2.22. The molecule has 2 aromatic carbocycles. The smallest absolute Gasteiger partial charge is 0.227 e. The van der Waals surface area contributed by atoms with Crippen LogP contribution in [-0.2, 0) is 4.79 Å². The molecule has 1 N–H and O–H groups in total. The number of aryl methyl sites for hydroxylation is 2.